The van der Waals surface area contributed by atoms with Gasteiger partial charge < -0.3 is 5.32 Å². The van der Waals surface area contributed by atoms with Crippen molar-refractivity contribution >= 4 is 39.1 Å². The van der Waals surface area contributed by atoms with Gasteiger partial charge in [-0.2, -0.15) is 0 Å². The van der Waals surface area contributed by atoms with Crippen LogP contribution in [0.1, 0.15) is 12.0 Å². The molecule has 110 valence electrons. The van der Waals surface area contributed by atoms with Crippen molar-refractivity contribution in [1.29, 1.82) is 0 Å². The minimum atomic E-state index is -0.525. The third-order valence-electron chi connectivity index (χ3n) is 2.83. The van der Waals surface area contributed by atoms with Crippen LogP contribution in [0.2, 0.25) is 5.02 Å². The third kappa shape index (κ3) is 4.51. The highest BCUT2D eigenvalue weighted by atomic mass is 79.9. The summed E-state index contributed by atoms with van der Waals surface area (Å²) in [6.45, 7) is 0. The van der Waals surface area contributed by atoms with E-state index in [0.29, 0.717) is 10.7 Å². The minimum absolute atomic E-state index is 0.0345. The van der Waals surface area contributed by atoms with E-state index < -0.39 is 11.6 Å². The molecule has 0 saturated heterocycles. The van der Waals surface area contributed by atoms with Crippen molar-refractivity contribution in [2.45, 2.75) is 12.8 Å². The first-order chi connectivity index (χ1) is 9.95. The van der Waals surface area contributed by atoms with Crippen molar-refractivity contribution in [3.05, 3.63) is 63.1 Å². The molecule has 1 N–H and O–H groups in total. The van der Waals surface area contributed by atoms with E-state index in [2.05, 4.69) is 21.2 Å². The summed E-state index contributed by atoms with van der Waals surface area (Å²) in [4.78, 5) is 11.8. The van der Waals surface area contributed by atoms with Gasteiger partial charge >= 0.3 is 0 Å². The van der Waals surface area contributed by atoms with Crippen molar-refractivity contribution in [2.75, 3.05) is 5.32 Å². The molecule has 0 aromatic heterocycles. The van der Waals surface area contributed by atoms with Crippen LogP contribution in [0, 0.1) is 11.6 Å². The number of benzene rings is 2. The summed E-state index contributed by atoms with van der Waals surface area (Å²) in [5.74, 6) is -1.36. The number of hydrogen-bond acceptors (Lipinski definition) is 1. The average Bonchev–Trinajstić information content (AvgIpc) is 2.43. The molecule has 2 nitrogen and oxygen atoms in total. The lowest BCUT2D eigenvalue weighted by atomic mass is 10.1. The predicted octanol–water partition coefficient (Wildman–Crippen LogP) is 4.95. The zero-order chi connectivity index (χ0) is 15.4. The molecule has 0 unspecified atom stereocenters. The van der Waals surface area contributed by atoms with Gasteiger partial charge in [0.15, 0.2) is 0 Å². The van der Waals surface area contributed by atoms with Gasteiger partial charge in [0.1, 0.15) is 11.6 Å². The molecule has 0 fully saturated rings. The molecule has 1 amide bonds. The number of halogens is 4. The molecule has 0 atom stereocenters. The Labute approximate surface area is 134 Å². The fraction of sp³-hybridized carbons (Fsp3) is 0.133. The Kier molecular flexibility index (Phi) is 5.31. The Morgan fingerprint density at radius 2 is 1.95 bits per heavy atom. The minimum Gasteiger partial charge on any atom is -0.325 e. The Hall–Kier alpha value is -1.46. The van der Waals surface area contributed by atoms with E-state index in [1.165, 1.54) is 0 Å². The second-order valence-electron chi connectivity index (χ2n) is 4.41. The fourth-order valence-electron chi connectivity index (χ4n) is 1.79. The van der Waals surface area contributed by atoms with Gasteiger partial charge in [0.25, 0.3) is 0 Å². The molecule has 6 heteroatoms. The first-order valence-electron chi connectivity index (χ1n) is 6.14. The Morgan fingerprint density at radius 3 is 2.67 bits per heavy atom. The monoisotopic (exact) mass is 373 g/mol. The summed E-state index contributed by atoms with van der Waals surface area (Å²) in [6, 6.07) is 8.24. The van der Waals surface area contributed by atoms with E-state index >= 15 is 0 Å². The van der Waals surface area contributed by atoms with Crippen LogP contribution < -0.4 is 5.32 Å². The quantitative estimate of drug-likeness (QED) is 0.806. The number of nitrogens with one attached hydrogen (secondary N) is 1. The molecule has 0 bridgehead atoms. The Bertz CT molecular complexity index is 679. The van der Waals surface area contributed by atoms with Crippen molar-refractivity contribution in [3.8, 4) is 0 Å². The standard InChI is InChI=1S/C15H11BrClF2NO/c16-10-2-5-14(12(17)8-10)20-15(21)6-1-9-7-11(18)3-4-13(9)19/h2-5,7-8H,1,6H2,(H,20,21). The van der Waals surface area contributed by atoms with Crippen molar-refractivity contribution in [2.24, 2.45) is 0 Å². The van der Waals surface area contributed by atoms with Crippen LogP contribution in [-0.4, -0.2) is 5.91 Å². The molecule has 0 aliphatic rings. The van der Waals surface area contributed by atoms with Gasteiger partial charge in [-0.3, -0.25) is 4.79 Å². The smallest absolute Gasteiger partial charge is 0.224 e. The number of carbonyl (C=O) groups excluding carboxylic acids is 1. The highest BCUT2D eigenvalue weighted by Crippen LogP contribution is 2.25. The lowest BCUT2D eigenvalue weighted by Crippen LogP contribution is -2.13. The van der Waals surface area contributed by atoms with Crippen LogP contribution in [0.3, 0.4) is 0 Å². The number of aryl methyl sites for hydroxylation is 1. The van der Waals surface area contributed by atoms with Crippen LogP contribution in [0.15, 0.2) is 40.9 Å². The third-order valence-corrected chi connectivity index (χ3v) is 3.64. The SMILES string of the molecule is O=C(CCc1cc(F)ccc1F)Nc1ccc(Br)cc1Cl. The van der Waals surface area contributed by atoms with Gasteiger partial charge in [-0.1, -0.05) is 27.5 Å². The molecule has 2 aromatic carbocycles. The maximum absolute atomic E-state index is 13.4. The summed E-state index contributed by atoms with van der Waals surface area (Å²) in [5.41, 5.74) is 0.650. The maximum Gasteiger partial charge on any atom is 0.224 e. The average molecular weight is 375 g/mol. The number of amides is 1. The van der Waals surface area contributed by atoms with Crippen molar-refractivity contribution in [1.82, 2.24) is 0 Å². The van der Waals surface area contributed by atoms with Gasteiger partial charge in [0.05, 0.1) is 10.7 Å². The summed E-state index contributed by atoms with van der Waals surface area (Å²) < 4.78 is 27.2. The van der Waals surface area contributed by atoms with E-state index in [1.807, 2.05) is 0 Å². The largest absolute Gasteiger partial charge is 0.325 e. The molecular formula is C15H11BrClF2NO. The van der Waals surface area contributed by atoms with Gasteiger partial charge in [0, 0.05) is 10.9 Å². The highest BCUT2D eigenvalue weighted by molar-refractivity contribution is 9.10. The summed E-state index contributed by atoms with van der Waals surface area (Å²) in [6.07, 6.45) is 0.149. The van der Waals surface area contributed by atoms with E-state index in [4.69, 9.17) is 11.6 Å². The first kappa shape index (κ1) is 15.9. The molecule has 21 heavy (non-hydrogen) atoms. The van der Waals surface area contributed by atoms with Crippen molar-refractivity contribution < 1.29 is 13.6 Å². The topological polar surface area (TPSA) is 29.1 Å². The number of hydrogen-bond donors (Lipinski definition) is 1. The summed E-state index contributed by atoms with van der Waals surface area (Å²) >= 11 is 9.25. The molecule has 0 radical (unpaired) electrons. The number of carbonyl (C=O) groups is 1. The van der Waals surface area contributed by atoms with Gasteiger partial charge in [-0.05, 0) is 48.4 Å². The van der Waals surface area contributed by atoms with Gasteiger partial charge in [0.2, 0.25) is 5.91 Å². The van der Waals surface area contributed by atoms with Gasteiger partial charge in [-0.15, -0.1) is 0 Å². The zero-order valence-electron chi connectivity index (χ0n) is 10.8. The predicted molar refractivity (Wildman–Crippen MR) is 82.5 cm³/mol. The van der Waals surface area contributed by atoms with Crippen LogP contribution in [0.5, 0.6) is 0 Å². The van der Waals surface area contributed by atoms with Crippen LogP contribution in [0.4, 0.5) is 14.5 Å². The van der Waals surface area contributed by atoms with Gasteiger partial charge in [-0.25, -0.2) is 8.78 Å². The van der Waals surface area contributed by atoms with Crippen LogP contribution >= 0.6 is 27.5 Å². The molecule has 0 aliphatic heterocycles. The number of rotatable bonds is 4. The first-order valence-corrected chi connectivity index (χ1v) is 7.31. The van der Waals surface area contributed by atoms with Crippen LogP contribution in [0.25, 0.3) is 0 Å². The molecular weight excluding hydrogens is 364 g/mol. The van der Waals surface area contributed by atoms with E-state index in [9.17, 15) is 13.6 Å². The molecule has 0 saturated carbocycles. The lowest BCUT2D eigenvalue weighted by molar-refractivity contribution is -0.116. The second-order valence-corrected chi connectivity index (χ2v) is 5.73. The highest BCUT2D eigenvalue weighted by Gasteiger charge is 2.09. The maximum atomic E-state index is 13.4. The van der Waals surface area contributed by atoms with E-state index in [-0.39, 0.29) is 24.3 Å². The van der Waals surface area contributed by atoms with E-state index in [0.717, 1.165) is 22.7 Å². The fourth-order valence-corrected chi connectivity index (χ4v) is 2.51. The van der Waals surface area contributed by atoms with Crippen molar-refractivity contribution in [3.63, 3.8) is 0 Å². The Balaban J connectivity index is 1.97. The Morgan fingerprint density at radius 1 is 1.19 bits per heavy atom. The second kappa shape index (κ2) is 7.00. The molecule has 0 aliphatic carbocycles. The normalized spacial score (nSPS) is 10.5. The lowest BCUT2D eigenvalue weighted by Gasteiger charge is -2.08. The molecule has 0 heterocycles. The zero-order valence-corrected chi connectivity index (χ0v) is 13.1. The molecule has 0 spiro atoms. The summed E-state index contributed by atoms with van der Waals surface area (Å²) in [7, 11) is 0. The van der Waals surface area contributed by atoms with E-state index in [1.54, 1.807) is 18.2 Å². The summed E-state index contributed by atoms with van der Waals surface area (Å²) in [5, 5.41) is 3.03. The molecule has 2 aromatic rings. The molecule has 2 rings (SSSR count). The number of anilines is 1. The van der Waals surface area contributed by atoms with Crippen LogP contribution in [-0.2, 0) is 11.2 Å².